The van der Waals surface area contributed by atoms with Crippen molar-refractivity contribution >= 4 is 5.78 Å². The van der Waals surface area contributed by atoms with E-state index in [4.69, 9.17) is 9.47 Å². The average Bonchev–Trinajstić information content (AvgIpc) is 3.15. The molecule has 2 heterocycles. The fourth-order valence-electron chi connectivity index (χ4n) is 10.2. The van der Waals surface area contributed by atoms with Crippen molar-refractivity contribution in [3.8, 4) is 0 Å². The van der Waals surface area contributed by atoms with Crippen LogP contribution in [0.4, 0.5) is 0 Å². The van der Waals surface area contributed by atoms with E-state index in [1.807, 2.05) is 6.92 Å². The second kappa shape index (κ2) is 6.56. The summed E-state index contributed by atoms with van der Waals surface area (Å²) in [7, 11) is 0. The van der Waals surface area contributed by atoms with E-state index in [1.54, 1.807) is 0 Å². The Bertz CT molecular complexity index is 734. The van der Waals surface area contributed by atoms with Crippen LogP contribution in [0.15, 0.2) is 0 Å². The van der Waals surface area contributed by atoms with Crippen LogP contribution in [-0.2, 0) is 14.3 Å². The molecule has 0 N–H and O–H groups in total. The molecule has 6 fully saturated rings. The number of ketones is 1. The highest BCUT2D eigenvalue weighted by Crippen LogP contribution is 2.71. The van der Waals surface area contributed by atoms with Gasteiger partial charge in [0, 0.05) is 11.8 Å². The van der Waals surface area contributed by atoms with Crippen LogP contribution in [-0.4, -0.2) is 24.3 Å². The number of hydrogen-bond donors (Lipinski definition) is 0. The summed E-state index contributed by atoms with van der Waals surface area (Å²) < 4.78 is 13.1. The number of rotatable bonds is 0. The molecule has 0 bridgehead atoms. The van der Waals surface area contributed by atoms with Gasteiger partial charge in [0.05, 0.1) is 19.1 Å². The lowest BCUT2D eigenvalue weighted by molar-refractivity contribution is -0.264. The van der Waals surface area contributed by atoms with E-state index < -0.39 is 5.79 Å². The first-order chi connectivity index (χ1) is 14.3. The van der Waals surface area contributed by atoms with Crippen LogP contribution in [0.1, 0.15) is 91.9 Å². The minimum absolute atomic E-state index is 0.0251. The summed E-state index contributed by atoms with van der Waals surface area (Å²) in [6.45, 7) is 10.1. The molecule has 1 spiro atoms. The zero-order valence-corrected chi connectivity index (χ0v) is 19.6. The summed E-state index contributed by atoms with van der Waals surface area (Å²) in [5, 5.41) is 0. The lowest BCUT2D eigenvalue weighted by Gasteiger charge is -2.61. The van der Waals surface area contributed by atoms with E-state index in [2.05, 4.69) is 20.8 Å². The van der Waals surface area contributed by atoms with Crippen molar-refractivity contribution in [2.45, 2.75) is 104 Å². The summed E-state index contributed by atoms with van der Waals surface area (Å²) in [6, 6.07) is 0. The van der Waals surface area contributed by atoms with Crippen molar-refractivity contribution in [1.82, 2.24) is 0 Å². The second-order valence-electron chi connectivity index (χ2n) is 12.8. The van der Waals surface area contributed by atoms with Crippen LogP contribution < -0.4 is 0 Å². The molecule has 6 rings (SSSR count). The molecule has 0 amide bonds. The van der Waals surface area contributed by atoms with Crippen molar-refractivity contribution in [2.75, 3.05) is 6.61 Å². The van der Waals surface area contributed by atoms with Gasteiger partial charge < -0.3 is 9.47 Å². The number of carbonyl (C=O) groups excluding carboxylic acids is 1. The molecule has 0 radical (unpaired) electrons. The number of carbonyl (C=O) groups is 1. The largest absolute Gasteiger partial charge is 0.348 e. The topological polar surface area (TPSA) is 35.5 Å². The molecule has 2 saturated heterocycles. The molecule has 0 unspecified atom stereocenters. The maximum atomic E-state index is 12.6. The first-order valence-corrected chi connectivity index (χ1v) is 13.1. The van der Waals surface area contributed by atoms with Crippen LogP contribution in [0, 0.1) is 52.3 Å². The summed E-state index contributed by atoms with van der Waals surface area (Å²) in [4.78, 5) is 12.6. The molecule has 3 heteroatoms. The van der Waals surface area contributed by atoms with Crippen molar-refractivity contribution < 1.29 is 14.3 Å². The van der Waals surface area contributed by atoms with E-state index in [0.29, 0.717) is 47.6 Å². The smallest absolute Gasteiger partial charge is 0.178 e. The highest BCUT2D eigenvalue weighted by molar-refractivity contribution is 5.82. The maximum absolute atomic E-state index is 12.6. The van der Waals surface area contributed by atoms with Gasteiger partial charge >= 0.3 is 0 Å². The fourth-order valence-corrected chi connectivity index (χ4v) is 10.2. The summed E-state index contributed by atoms with van der Waals surface area (Å²) >= 11 is 0. The first kappa shape index (κ1) is 20.2. The van der Waals surface area contributed by atoms with Crippen molar-refractivity contribution in [3.63, 3.8) is 0 Å². The highest BCUT2D eigenvalue weighted by atomic mass is 16.7. The van der Waals surface area contributed by atoms with E-state index in [1.165, 1.54) is 57.8 Å². The van der Waals surface area contributed by atoms with Crippen LogP contribution in [0.25, 0.3) is 0 Å². The highest BCUT2D eigenvalue weighted by Gasteiger charge is 2.69. The van der Waals surface area contributed by atoms with Gasteiger partial charge in [-0.05, 0) is 85.4 Å². The average molecular weight is 415 g/mol. The van der Waals surface area contributed by atoms with Gasteiger partial charge in [-0.2, -0.15) is 0 Å². The van der Waals surface area contributed by atoms with Gasteiger partial charge in [-0.15, -0.1) is 0 Å². The fraction of sp³-hybridized carbons (Fsp3) is 0.963. The Morgan fingerprint density at radius 3 is 2.57 bits per heavy atom. The molecule has 0 aromatic heterocycles. The molecular formula is C27H42O3. The molecular weight excluding hydrogens is 372 g/mol. The quantitative estimate of drug-likeness (QED) is 0.487. The van der Waals surface area contributed by atoms with Gasteiger partial charge in [0.1, 0.15) is 5.78 Å². The van der Waals surface area contributed by atoms with Crippen molar-refractivity contribution in [1.29, 1.82) is 0 Å². The number of ether oxygens (including phenoxy) is 2. The van der Waals surface area contributed by atoms with Crippen LogP contribution in [0.5, 0.6) is 0 Å². The normalized spacial score (nSPS) is 60.1. The minimum atomic E-state index is -0.628. The van der Waals surface area contributed by atoms with E-state index in [-0.39, 0.29) is 5.92 Å². The molecule has 6 aliphatic rings. The third-order valence-electron chi connectivity index (χ3n) is 11.8. The third-order valence-corrected chi connectivity index (χ3v) is 11.8. The Labute approximate surface area is 183 Å². The van der Waals surface area contributed by atoms with Crippen LogP contribution >= 0.6 is 0 Å². The molecule has 30 heavy (non-hydrogen) atoms. The van der Waals surface area contributed by atoms with E-state index in [0.717, 1.165) is 23.7 Å². The minimum Gasteiger partial charge on any atom is -0.348 e. The Kier molecular flexibility index (Phi) is 4.42. The first-order valence-electron chi connectivity index (χ1n) is 13.1. The SMILES string of the molecule is C[C@H]1CO[C@]2(CC1=O)O[C@H]1C[C@H]3[C@@H]4CC[C@H]5CCCC[C@]5(C)[C@H]4CC[C@]3(C)[C@H]1[C@@H]2C. The standard InChI is InChI=1S/C27H42O3/c1-16-15-29-27(14-22(16)28)17(2)24-23(30-27)13-21-19-9-8-18-7-5-6-11-25(18,3)20(19)10-12-26(21,24)4/h16-21,23-24H,5-15H2,1-4H3/t16-,17-,18+,19+,20-,21-,23-,24-,25-,26-,27+/m0/s1. The number of Topliss-reactive ketones (excluding diaryl/α,β-unsaturated/α-hetero) is 1. The number of hydrogen-bond acceptors (Lipinski definition) is 3. The lowest BCUT2D eigenvalue weighted by atomic mass is 9.44. The summed E-state index contributed by atoms with van der Waals surface area (Å²) in [6.07, 6.45) is 13.6. The molecule has 11 atom stereocenters. The zero-order valence-electron chi connectivity index (χ0n) is 19.6. The third kappa shape index (κ3) is 2.49. The Morgan fingerprint density at radius 1 is 0.933 bits per heavy atom. The number of fused-ring (bicyclic) bond motifs is 7. The van der Waals surface area contributed by atoms with Crippen molar-refractivity contribution in [3.05, 3.63) is 0 Å². The summed E-state index contributed by atoms with van der Waals surface area (Å²) in [5.41, 5.74) is 0.963. The Morgan fingerprint density at radius 2 is 1.77 bits per heavy atom. The Hall–Kier alpha value is -0.410. The van der Waals surface area contributed by atoms with Crippen LogP contribution in [0.2, 0.25) is 0 Å². The van der Waals surface area contributed by atoms with Crippen molar-refractivity contribution in [2.24, 2.45) is 52.3 Å². The second-order valence-corrected chi connectivity index (χ2v) is 12.8. The predicted octanol–water partition coefficient (Wildman–Crippen LogP) is 6.00. The van der Waals surface area contributed by atoms with Gasteiger partial charge in [0.2, 0.25) is 0 Å². The van der Waals surface area contributed by atoms with Gasteiger partial charge in [0.15, 0.2) is 5.79 Å². The molecule has 0 aromatic rings. The van der Waals surface area contributed by atoms with E-state index >= 15 is 0 Å². The van der Waals surface area contributed by atoms with Gasteiger partial charge in [-0.25, -0.2) is 0 Å². The predicted molar refractivity (Wildman–Crippen MR) is 117 cm³/mol. The zero-order chi connectivity index (χ0) is 20.9. The van der Waals surface area contributed by atoms with Gasteiger partial charge in [-0.3, -0.25) is 4.79 Å². The Balaban J connectivity index is 1.28. The van der Waals surface area contributed by atoms with E-state index in [9.17, 15) is 4.79 Å². The molecule has 2 aliphatic heterocycles. The molecule has 4 aliphatic carbocycles. The molecule has 0 aromatic carbocycles. The molecule has 3 nitrogen and oxygen atoms in total. The lowest BCUT2D eigenvalue weighted by Crippen LogP contribution is -2.54. The molecule has 168 valence electrons. The van der Waals surface area contributed by atoms with Crippen LogP contribution in [0.3, 0.4) is 0 Å². The monoisotopic (exact) mass is 414 g/mol. The van der Waals surface area contributed by atoms with Gasteiger partial charge in [0.25, 0.3) is 0 Å². The van der Waals surface area contributed by atoms with Gasteiger partial charge in [-0.1, -0.05) is 40.5 Å². The summed E-state index contributed by atoms with van der Waals surface area (Å²) in [5.74, 6) is 4.24. The molecule has 4 saturated carbocycles. The maximum Gasteiger partial charge on any atom is 0.178 e.